The van der Waals surface area contributed by atoms with Gasteiger partial charge in [-0.1, -0.05) is 11.3 Å². The maximum Gasteiger partial charge on any atom is 0.335 e. The zero-order chi connectivity index (χ0) is 24.0. The first-order valence-corrected chi connectivity index (χ1v) is 12.8. The summed E-state index contributed by atoms with van der Waals surface area (Å²) in [6.07, 6.45) is -1.17. The lowest BCUT2D eigenvalue weighted by molar-refractivity contribution is 0.150. The van der Waals surface area contributed by atoms with Crippen LogP contribution in [-0.4, -0.2) is 65.7 Å². The van der Waals surface area contributed by atoms with Gasteiger partial charge in [0.15, 0.2) is 14.8 Å². The smallest absolute Gasteiger partial charge is 0.309 e. The summed E-state index contributed by atoms with van der Waals surface area (Å²) >= 11 is 0.572. The maximum atomic E-state index is 13.3. The summed E-state index contributed by atoms with van der Waals surface area (Å²) in [7, 11) is -0.0157. The fourth-order valence-electron chi connectivity index (χ4n) is 3.76. The highest BCUT2D eigenvalue weighted by atomic mass is 32.2. The molecular formula is C20H24F3N5O3S2. The van der Waals surface area contributed by atoms with E-state index in [1.807, 2.05) is 19.0 Å². The standard InChI is InChI=1S/C20H24F3N5O3S2/c1-26(2)8-3-9-27-14-5-4-13(33(30,31)12-20(11-21)6-7-20)10-15(14)28(19(27)29)18-25-24-17(32-18)16(22)23/h4-5,10,16H,3,6-9,11-12H2,1-2H3. The molecule has 1 fully saturated rings. The van der Waals surface area contributed by atoms with Crippen molar-refractivity contribution >= 4 is 32.2 Å². The maximum absolute atomic E-state index is 13.3. The molecule has 0 atom stereocenters. The summed E-state index contributed by atoms with van der Waals surface area (Å²) in [5.41, 5.74) is -0.666. The molecule has 0 radical (unpaired) electrons. The highest BCUT2D eigenvalue weighted by molar-refractivity contribution is 7.91. The van der Waals surface area contributed by atoms with Gasteiger partial charge in [-0.05, 0) is 58.1 Å². The molecule has 0 spiro atoms. The number of alkyl halides is 3. The van der Waals surface area contributed by atoms with Gasteiger partial charge >= 0.3 is 5.69 Å². The number of hydrogen-bond donors (Lipinski definition) is 0. The molecule has 0 bridgehead atoms. The topological polar surface area (TPSA) is 90.1 Å². The van der Waals surface area contributed by atoms with Crippen molar-refractivity contribution in [3.05, 3.63) is 33.7 Å². The SMILES string of the molecule is CN(C)CCCn1c(=O)n(-c2nnc(C(F)F)s2)c2cc(S(=O)(=O)CC3(CF)CC3)ccc21. The number of aryl methyl sites for hydroxylation is 1. The number of imidazole rings is 1. The summed E-state index contributed by atoms with van der Waals surface area (Å²) in [6, 6.07) is 4.27. The molecule has 8 nitrogen and oxygen atoms in total. The third-order valence-electron chi connectivity index (χ3n) is 5.79. The minimum atomic E-state index is -3.82. The molecule has 0 aliphatic heterocycles. The van der Waals surface area contributed by atoms with Gasteiger partial charge in [-0.15, -0.1) is 10.2 Å². The third kappa shape index (κ3) is 4.71. The Morgan fingerprint density at radius 1 is 1.21 bits per heavy atom. The van der Waals surface area contributed by atoms with Crippen LogP contribution in [0.5, 0.6) is 0 Å². The van der Waals surface area contributed by atoms with E-state index in [9.17, 15) is 26.4 Å². The molecular weight excluding hydrogens is 479 g/mol. The number of aromatic nitrogens is 4. The van der Waals surface area contributed by atoms with Gasteiger partial charge in [-0.3, -0.25) is 8.96 Å². The van der Waals surface area contributed by atoms with E-state index in [2.05, 4.69) is 10.2 Å². The van der Waals surface area contributed by atoms with Crippen LogP contribution in [-0.2, 0) is 16.4 Å². The molecule has 1 saturated carbocycles. The summed E-state index contributed by atoms with van der Waals surface area (Å²) in [4.78, 5) is 15.2. The second kappa shape index (κ2) is 8.84. The van der Waals surface area contributed by atoms with Crippen LogP contribution in [0.3, 0.4) is 0 Å². The summed E-state index contributed by atoms with van der Waals surface area (Å²) in [6.45, 7) is 0.353. The van der Waals surface area contributed by atoms with E-state index in [1.165, 1.54) is 22.8 Å². The summed E-state index contributed by atoms with van der Waals surface area (Å²) in [5, 5.41) is 6.60. The van der Waals surface area contributed by atoms with Crippen molar-refractivity contribution < 1.29 is 21.6 Å². The molecule has 13 heteroatoms. The highest BCUT2D eigenvalue weighted by Gasteiger charge is 2.46. The molecule has 2 heterocycles. The van der Waals surface area contributed by atoms with Crippen molar-refractivity contribution in [3.8, 4) is 5.13 Å². The van der Waals surface area contributed by atoms with Crippen molar-refractivity contribution in [2.45, 2.75) is 37.1 Å². The molecule has 1 aliphatic rings. The van der Waals surface area contributed by atoms with Crippen LogP contribution >= 0.6 is 11.3 Å². The van der Waals surface area contributed by atoms with E-state index in [1.54, 1.807) is 0 Å². The van der Waals surface area contributed by atoms with Gasteiger partial charge in [0.2, 0.25) is 5.13 Å². The van der Waals surface area contributed by atoms with E-state index in [0.717, 1.165) is 4.57 Å². The quantitative estimate of drug-likeness (QED) is 0.423. The lowest BCUT2D eigenvalue weighted by atomic mass is 10.2. The molecule has 1 aliphatic carbocycles. The molecule has 2 aromatic heterocycles. The zero-order valence-electron chi connectivity index (χ0n) is 18.2. The van der Waals surface area contributed by atoms with Crippen LogP contribution in [0.4, 0.5) is 13.2 Å². The molecule has 180 valence electrons. The fourth-order valence-corrected chi connectivity index (χ4v) is 6.37. The van der Waals surface area contributed by atoms with Crippen molar-refractivity contribution in [3.63, 3.8) is 0 Å². The Bertz CT molecular complexity index is 1330. The first-order valence-electron chi connectivity index (χ1n) is 10.4. The van der Waals surface area contributed by atoms with Gasteiger partial charge in [0, 0.05) is 12.0 Å². The van der Waals surface area contributed by atoms with Crippen LogP contribution in [0, 0.1) is 5.41 Å². The molecule has 0 unspecified atom stereocenters. The van der Waals surface area contributed by atoms with Gasteiger partial charge < -0.3 is 4.90 Å². The Kier molecular flexibility index (Phi) is 6.40. The second-order valence-corrected chi connectivity index (χ2v) is 11.7. The van der Waals surface area contributed by atoms with Crippen LogP contribution < -0.4 is 5.69 Å². The molecule has 0 saturated heterocycles. The first kappa shape index (κ1) is 23.9. The predicted molar refractivity (Wildman–Crippen MR) is 119 cm³/mol. The van der Waals surface area contributed by atoms with E-state index in [-0.39, 0.29) is 21.3 Å². The van der Waals surface area contributed by atoms with E-state index < -0.39 is 39.0 Å². The fraction of sp³-hybridized carbons (Fsp3) is 0.550. The van der Waals surface area contributed by atoms with Crippen molar-refractivity contribution in [1.29, 1.82) is 0 Å². The largest absolute Gasteiger partial charge is 0.335 e. The lowest BCUT2D eigenvalue weighted by Gasteiger charge is -2.12. The Morgan fingerprint density at radius 3 is 2.52 bits per heavy atom. The average molecular weight is 504 g/mol. The second-order valence-electron chi connectivity index (χ2n) is 8.69. The van der Waals surface area contributed by atoms with Crippen molar-refractivity contribution in [2.75, 3.05) is 33.1 Å². The van der Waals surface area contributed by atoms with Crippen LogP contribution in [0.25, 0.3) is 16.2 Å². The molecule has 3 aromatic rings. The Morgan fingerprint density at radius 2 is 1.94 bits per heavy atom. The number of hydrogen-bond acceptors (Lipinski definition) is 7. The summed E-state index contributed by atoms with van der Waals surface area (Å²) < 4.78 is 68.0. The van der Waals surface area contributed by atoms with Gasteiger partial charge in [0.1, 0.15) is 0 Å². The number of sulfone groups is 1. The molecule has 0 N–H and O–H groups in total. The molecule has 1 aromatic carbocycles. The van der Waals surface area contributed by atoms with Gasteiger partial charge in [-0.2, -0.15) is 0 Å². The molecule has 4 rings (SSSR count). The van der Waals surface area contributed by atoms with Gasteiger partial charge in [0.25, 0.3) is 6.43 Å². The summed E-state index contributed by atoms with van der Waals surface area (Å²) in [5.74, 6) is -0.315. The monoisotopic (exact) mass is 503 g/mol. The van der Waals surface area contributed by atoms with Crippen LogP contribution in [0.1, 0.15) is 30.7 Å². The first-order chi connectivity index (χ1) is 15.6. The van der Waals surface area contributed by atoms with Crippen LogP contribution in [0.15, 0.2) is 27.9 Å². The minimum Gasteiger partial charge on any atom is -0.309 e. The predicted octanol–water partition coefficient (Wildman–Crippen LogP) is 3.06. The van der Waals surface area contributed by atoms with Gasteiger partial charge in [-0.25, -0.2) is 26.6 Å². The zero-order valence-corrected chi connectivity index (χ0v) is 19.8. The highest BCUT2D eigenvalue weighted by Crippen LogP contribution is 2.48. The number of halogens is 3. The number of rotatable bonds is 10. The van der Waals surface area contributed by atoms with Crippen LogP contribution in [0.2, 0.25) is 0 Å². The number of benzene rings is 1. The average Bonchev–Trinajstić information content (AvgIpc) is 3.23. The Hall–Kier alpha value is -2.25. The van der Waals surface area contributed by atoms with Gasteiger partial charge in [0.05, 0.1) is 28.4 Å². The Labute approximate surface area is 192 Å². The Balaban J connectivity index is 1.83. The van der Waals surface area contributed by atoms with E-state index >= 15 is 0 Å². The third-order valence-corrected chi connectivity index (χ3v) is 8.67. The lowest BCUT2D eigenvalue weighted by Crippen LogP contribution is -2.25. The number of nitrogens with zero attached hydrogens (tertiary/aromatic N) is 5. The van der Waals surface area contributed by atoms with Crippen molar-refractivity contribution in [2.24, 2.45) is 5.41 Å². The number of fused-ring (bicyclic) bond motifs is 1. The molecule has 33 heavy (non-hydrogen) atoms. The van der Waals surface area contributed by atoms with E-state index in [0.29, 0.717) is 49.2 Å². The van der Waals surface area contributed by atoms with Crippen molar-refractivity contribution in [1.82, 2.24) is 24.2 Å². The normalized spacial score (nSPS) is 15.7. The minimum absolute atomic E-state index is 0.0486. The molecule has 0 amide bonds. The van der Waals surface area contributed by atoms with E-state index in [4.69, 9.17) is 0 Å².